The van der Waals surface area contributed by atoms with Gasteiger partial charge in [0.2, 0.25) is 16.0 Å². The molecule has 152 valence electrons. The predicted molar refractivity (Wildman–Crippen MR) is 104 cm³/mol. The standard InChI is InChI=1S/C18H23F2N5O2S/c1-13-10-17(25-8-2-3-9-25)24-18(23-13)21-6-7-22-28(26,27)12-14-11-15(19)4-5-16(14)20/h4-5,10-11,22H,2-3,6-9,12H2,1H3,(H,21,23,24). The lowest BCUT2D eigenvalue weighted by molar-refractivity contribution is 0.570. The highest BCUT2D eigenvalue weighted by Gasteiger charge is 2.16. The molecule has 7 nitrogen and oxygen atoms in total. The zero-order valence-corrected chi connectivity index (χ0v) is 16.4. The van der Waals surface area contributed by atoms with E-state index in [1.165, 1.54) is 0 Å². The Labute approximate surface area is 163 Å². The van der Waals surface area contributed by atoms with E-state index in [0.29, 0.717) is 5.95 Å². The van der Waals surface area contributed by atoms with E-state index >= 15 is 0 Å². The van der Waals surface area contributed by atoms with Crippen LogP contribution in [0.5, 0.6) is 0 Å². The van der Waals surface area contributed by atoms with Crippen LogP contribution in [0, 0.1) is 18.6 Å². The van der Waals surface area contributed by atoms with E-state index in [9.17, 15) is 17.2 Å². The molecule has 1 aromatic carbocycles. The zero-order chi connectivity index (χ0) is 20.1. The molecule has 28 heavy (non-hydrogen) atoms. The summed E-state index contributed by atoms with van der Waals surface area (Å²) in [5.74, 6) is -0.783. The van der Waals surface area contributed by atoms with E-state index in [2.05, 4.69) is 24.9 Å². The third kappa shape index (κ3) is 5.59. The summed E-state index contributed by atoms with van der Waals surface area (Å²) >= 11 is 0. The molecular formula is C18H23F2N5O2S. The third-order valence-corrected chi connectivity index (χ3v) is 5.69. The Balaban J connectivity index is 1.53. The Bertz CT molecular complexity index is 934. The Hall–Kier alpha value is -2.33. The molecule has 0 atom stereocenters. The van der Waals surface area contributed by atoms with Crippen molar-refractivity contribution in [3.8, 4) is 0 Å². The molecule has 2 aromatic rings. The molecule has 2 N–H and O–H groups in total. The number of halogens is 2. The molecule has 2 heterocycles. The van der Waals surface area contributed by atoms with Crippen molar-refractivity contribution < 1.29 is 17.2 Å². The molecule has 10 heteroatoms. The summed E-state index contributed by atoms with van der Waals surface area (Å²) in [6.45, 7) is 4.13. The smallest absolute Gasteiger partial charge is 0.224 e. The Kier molecular flexibility index (Phi) is 6.40. The molecular weight excluding hydrogens is 388 g/mol. The minimum Gasteiger partial charge on any atom is -0.356 e. The molecule has 0 amide bonds. The molecule has 0 saturated carbocycles. The summed E-state index contributed by atoms with van der Waals surface area (Å²) in [7, 11) is -3.80. The molecule has 1 aromatic heterocycles. The first-order valence-corrected chi connectivity index (χ1v) is 10.7. The highest BCUT2D eigenvalue weighted by molar-refractivity contribution is 7.88. The number of aryl methyl sites for hydroxylation is 1. The Morgan fingerprint density at radius 1 is 1.11 bits per heavy atom. The number of rotatable bonds is 8. The van der Waals surface area contributed by atoms with Gasteiger partial charge in [-0.15, -0.1) is 0 Å². The number of nitrogens with zero attached hydrogens (tertiary/aromatic N) is 3. The van der Waals surface area contributed by atoms with Gasteiger partial charge in [-0.2, -0.15) is 4.98 Å². The van der Waals surface area contributed by atoms with E-state index in [-0.39, 0.29) is 18.7 Å². The van der Waals surface area contributed by atoms with Crippen molar-refractivity contribution >= 4 is 21.8 Å². The van der Waals surface area contributed by atoms with E-state index in [4.69, 9.17) is 0 Å². The molecule has 0 aliphatic carbocycles. The summed E-state index contributed by atoms with van der Waals surface area (Å²) < 4.78 is 53.4. The van der Waals surface area contributed by atoms with Gasteiger partial charge in [0.05, 0.1) is 5.75 Å². The number of anilines is 2. The Morgan fingerprint density at radius 2 is 1.86 bits per heavy atom. The van der Waals surface area contributed by atoms with Gasteiger partial charge in [-0.1, -0.05) is 0 Å². The van der Waals surface area contributed by atoms with Crippen LogP contribution in [0.1, 0.15) is 24.1 Å². The normalized spacial score (nSPS) is 14.5. The van der Waals surface area contributed by atoms with E-state index < -0.39 is 27.4 Å². The fraction of sp³-hybridized carbons (Fsp3) is 0.444. The number of benzene rings is 1. The average molecular weight is 411 g/mol. The fourth-order valence-corrected chi connectivity index (χ4v) is 4.18. The van der Waals surface area contributed by atoms with Crippen molar-refractivity contribution in [2.75, 3.05) is 36.4 Å². The van der Waals surface area contributed by atoms with Crippen LogP contribution in [-0.4, -0.2) is 44.6 Å². The second-order valence-electron chi connectivity index (χ2n) is 6.70. The fourth-order valence-electron chi connectivity index (χ4n) is 3.03. The second-order valence-corrected chi connectivity index (χ2v) is 8.51. The van der Waals surface area contributed by atoms with Crippen LogP contribution in [0.25, 0.3) is 0 Å². The molecule has 0 radical (unpaired) electrons. The summed E-state index contributed by atoms with van der Waals surface area (Å²) in [6.07, 6.45) is 2.28. The van der Waals surface area contributed by atoms with Crippen molar-refractivity contribution in [3.63, 3.8) is 0 Å². The first-order valence-electron chi connectivity index (χ1n) is 9.08. The first-order chi connectivity index (χ1) is 13.3. The maximum atomic E-state index is 13.6. The van der Waals surface area contributed by atoms with Gasteiger partial charge in [0.1, 0.15) is 17.5 Å². The SMILES string of the molecule is Cc1cc(N2CCCC2)nc(NCCNS(=O)(=O)Cc2cc(F)ccc2F)n1. The molecule has 3 rings (SSSR count). The maximum Gasteiger partial charge on any atom is 0.224 e. The van der Waals surface area contributed by atoms with Crippen molar-refractivity contribution in [3.05, 3.63) is 47.2 Å². The highest BCUT2D eigenvalue weighted by atomic mass is 32.2. The van der Waals surface area contributed by atoms with Crippen LogP contribution in [0.2, 0.25) is 0 Å². The van der Waals surface area contributed by atoms with Crippen LogP contribution < -0.4 is 14.9 Å². The van der Waals surface area contributed by atoms with Crippen molar-refractivity contribution in [1.29, 1.82) is 0 Å². The van der Waals surface area contributed by atoms with Gasteiger partial charge in [0, 0.05) is 43.5 Å². The van der Waals surface area contributed by atoms with Gasteiger partial charge in [0.25, 0.3) is 0 Å². The van der Waals surface area contributed by atoms with Gasteiger partial charge in [0.15, 0.2) is 0 Å². The van der Waals surface area contributed by atoms with Crippen molar-refractivity contribution in [2.24, 2.45) is 0 Å². The van der Waals surface area contributed by atoms with E-state index in [1.807, 2.05) is 13.0 Å². The minimum atomic E-state index is -3.80. The number of sulfonamides is 1. The maximum absolute atomic E-state index is 13.6. The van der Waals surface area contributed by atoms with Crippen LogP contribution in [0.15, 0.2) is 24.3 Å². The lowest BCUT2D eigenvalue weighted by Gasteiger charge is -2.17. The van der Waals surface area contributed by atoms with Gasteiger partial charge >= 0.3 is 0 Å². The molecule has 1 saturated heterocycles. The van der Waals surface area contributed by atoms with Crippen molar-refractivity contribution in [1.82, 2.24) is 14.7 Å². The predicted octanol–water partition coefficient (Wildman–Crippen LogP) is 2.19. The lowest BCUT2D eigenvalue weighted by Crippen LogP contribution is -2.30. The molecule has 1 aliphatic rings. The average Bonchev–Trinajstić information content (AvgIpc) is 3.16. The number of hydrogen-bond donors (Lipinski definition) is 2. The molecule has 1 fully saturated rings. The zero-order valence-electron chi connectivity index (χ0n) is 15.6. The second kappa shape index (κ2) is 8.78. The third-order valence-electron chi connectivity index (χ3n) is 4.35. The summed E-state index contributed by atoms with van der Waals surface area (Å²) in [6, 6.07) is 4.66. The summed E-state index contributed by atoms with van der Waals surface area (Å²) in [5, 5.41) is 3.00. The van der Waals surface area contributed by atoms with Crippen LogP contribution >= 0.6 is 0 Å². The van der Waals surface area contributed by atoms with Gasteiger partial charge < -0.3 is 10.2 Å². The quantitative estimate of drug-likeness (QED) is 0.648. The van der Waals surface area contributed by atoms with Crippen LogP contribution in [-0.2, 0) is 15.8 Å². The highest BCUT2D eigenvalue weighted by Crippen LogP contribution is 2.19. The number of hydrogen-bond acceptors (Lipinski definition) is 6. The molecule has 1 aliphatic heterocycles. The molecule has 0 spiro atoms. The number of aromatic nitrogens is 2. The topological polar surface area (TPSA) is 87.2 Å². The van der Waals surface area contributed by atoms with Crippen LogP contribution in [0.3, 0.4) is 0 Å². The minimum absolute atomic E-state index is 0.0651. The molecule has 0 unspecified atom stereocenters. The monoisotopic (exact) mass is 411 g/mol. The van der Waals surface area contributed by atoms with E-state index in [1.54, 1.807) is 0 Å². The lowest BCUT2D eigenvalue weighted by atomic mass is 10.2. The van der Waals surface area contributed by atoms with Gasteiger partial charge in [-0.25, -0.2) is 26.9 Å². The largest absolute Gasteiger partial charge is 0.356 e. The van der Waals surface area contributed by atoms with Crippen LogP contribution in [0.4, 0.5) is 20.5 Å². The summed E-state index contributed by atoms with van der Waals surface area (Å²) in [5.41, 5.74) is 0.610. The van der Waals surface area contributed by atoms with Crippen molar-refractivity contribution in [2.45, 2.75) is 25.5 Å². The van der Waals surface area contributed by atoms with E-state index in [0.717, 1.165) is 55.6 Å². The Morgan fingerprint density at radius 3 is 2.61 bits per heavy atom. The van der Waals surface area contributed by atoms with Gasteiger partial charge in [-0.05, 0) is 38.0 Å². The molecule has 0 bridgehead atoms. The summed E-state index contributed by atoms with van der Waals surface area (Å²) in [4.78, 5) is 11.0. The number of nitrogens with one attached hydrogen (secondary N) is 2. The van der Waals surface area contributed by atoms with Gasteiger partial charge in [-0.3, -0.25) is 0 Å². The first kappa shape index (κ1) is 20.4.